The normalized spacial score (nSPS) is 20.4. The molecule has 1 amide bonds. The average molecular weight is 527 g/mol. The molecule has 1 saturated heterocycles. The number of esters is 1. The Labute approximate surface area is 225 Å². The van der Waals surface area contributed by atoms with Crippen molar-refractivity contribution in [3.8, 4) is 11.6 Å². The number of ether oxygens (including phenoxy) is 3. The van der Waals surface area contributed by atoms with E-state index in [4.69, 9.17) is 29.9 Å². The van der Waals surface area contributed by atoms with Crippen molar-refractivity contribution in [3.05, 3.63) is 23.9 Å². The van der Waals surface area contributed by atoms with E-state index in [0.29, 0.717) is 23.6 Å². The number of likely N-dealkylation sites (tertiary alicyclic amines) is 1. The van der Waals surface area contributed by atoms with Crippen LogP contribution in [0.4, 0.5) is 0 Å². The predicted octanol–water partition coefficient (Wildman–Crippen LogP) is 4.05. The molecule has 1 unspecified atom stereocenters. The molecule has 1 saturated carbocycles. The maximum absolute atomic E-state index is 13.3. The van der Waals surface area contributed by atoms with E-state index in [0.717, 1.165) is 36.4 Å². The Morgan fingerprint density at radius 1 is 1.11 bits per heavy atom. The molecule has 38 heavy (non-hydrogen) atoms. The molecule has 4 rings (SSSR count). The molecule has 1 aliphatic heterocycles. The second kappa shape index (κ2) is 11.8. The summed E-state index contributed by atoms with van der Waals surface area (Å²) in [6.07, 6.45) is 8.04. The number of hydrogen-bond acceptors (Lipinski definition) is 8. The molecule has 2 heterocycles. The van der Waals surface area contributed by atoms with E-state index in [1.54, 1.807) is 7.11 Å². The molecule has 2 aliphatic rings. The van der Waals surface area contributed by atoms with Crippen LogP contribution in [0.2, 0.25) is 0 Å². The van der Waals surface area contributed by atoms with Gasteiger partial charge >= 0.3 is 5.97 Å². The van der Waals surface area contributed by atoms with Gasteiger partial charge in [-0.1, -0.05) is 52.9 Å². The summed E-state index contributed by atoms with van der Waals surface area (Å²) in [6, 6.07) is 4.09. The van der Waals surface area contributed by atoms with E-state index in [-0.39, 0.29) is 12.5 Å². The second-order valence-corrected chi connectivity index (χ2v) is 11.7. The Balaban J connectivity index is 1.55. The molecule has 0 spiro atoms. The van der Waals surface area contributed by atoms with Crippen LogP contribution in [0.5, 0.6) is 11.6 Å². The van der Waals surface area contributed by atoms with Gasteiger partial charge in [0.2, 0.25) is 11.8 Å². The summed E-state index contributed by atoms with van der Waals surface area (Å²) in [4.78, 5) is 37.1. The highest BCUT2D eigenvalue weighted by Crippen LogP contribution is 2.34. The van der Waals surface area contributed by atoms with Crippen LogP contribution in [0, 0.1) is 11.3 Å². The van der Waals surface area contributed by atoms with Crippen molar-refractivity contribution in [2.45, 2.75) is 90.3 Å². The first-order chi connectivity index (χ1) is 18.1. The Bertz CT molecular complexity index is 1140. The Morgan fingerprint density at radius 2 is 1.87 bits per heavy atom. The Kier molecular flexibility index (Phi) is 8.75. The van der Waals surface area contributed by atoms with Crippen molar-refractivity contribution >= 4 is 22.9 Å². The number of aryl methyl sites for hydroxylation is 1. The number of rotatable bonds is 11. The summed E-state index contributed by atoms with van der Waals surface area (Å²) in [5.74, 6) is 1.30. The summed E-state index contributed by atoms with van der Waals surface area (Å²) in [5.41, 5.74) is 8.06. The topological polar surface area (TPSA) is 117 Å². The third-order valence-electron chi connectivity index (χ3n) is 7.63. The van der Waals surface area contributed by atoms with Crippen molar-refractivity contribution in [2.75, 3.05) is 20.8 Å². The van der Waals surface area contributed by atoms with Crippen molar-refractivity contribution in [3.63, 3.8) is 0 Å². The first kappa shape index (κ1) is 28.1. The number of benzene rings is 1. The highest BCUT2D eigenvalue weighted by molar-refractivity contribution is 5.88. The van der Waals surface area contributed by atoms with Gasteiger partial charge in [0, 0.05) is 12.5 Å². The van der Waals surface area contributed by atoms with Crippen LogP contribution in [-0.2, 0) is 20.7 Å². The number of carbonyl (C=O) groups is 2. The molecule has 0 radical (unpaired) electrons. The molecule has 1 aromatic carbocycles. The number of nitrogens with two attached hydrogens (primary N) is 1. The lowest BCUT2D eigenvalue weighted by molar-refractivity contribution is -0.152. The lowest BCUT2D eigenvalue weighted by Crippen LogP contribution is -2.53. The zero-order chi connectivity index (χ0) is 27.4. The molecule has 1 aromatic heterocycles. The number of unbranched alkanes of at least 4 members (excludes halogenated alkanes) is 2. The van der Waals surface area contributed by atoms with Gasteiger partial charge in [0.25, 0.3) is 0 Å². The number of fused-ring (bicyclic) bond motifs is 1. The van der Waals surface area contributed by atoms with E-state index < -0.39 is 29.6 Å². The number of carbonyl (C=O) groups excluding carboxylic acids is 2. The van der Waals surface area contributed by atoms with Crippen LogP contribution in [0.1, 0.15) is 71.4 Å². The Morgan fingerprint density at radius 3 is 2.53 bits per heavy atom. The summed E-state index contributed by atoms with van der Waals surface area (Å²) >= 11 is 0. The summed E-state index contributed by atoms with van der Waals surface area (Å²) in [5, 5.41) is 0. The smallest absolute Gasteiger partial charge is 0.328 e. The number of amides is 1. The molecular formula is C29H42N4O5. The van der Waals surface area contributed by atoms with Crippen LogP contribution in [0.3, 0.4) is 0 Å². The maximum atomic E-state index is 13.3. The third-order valence-corrected chi connectivity index (χ3v) is 7.63. The highest BCUT2D eigenvalue weighted by atomic mass is 16.5. The van der Waals surface area contributed by atoms with E-state index in [9.17, 15) is 9.59 Å². The van der Waals surface area contributed by atoms with Crippen molar-refractivity contribution < 1.29 is 23.8 Å². The fourth-order valence-electron chi connectivity index (χ4n) is 4.94. The lowest BCUT2D eigenvalue weighted by atomic mass is 9.86. The van der Waals surface area contributed by atoms with Crippen LogP contribution in [0.15, 0.2) is 18.2 Å². The van der Waals surface area contributed by atoms with Crippen LogP contribution in [0.25, 0.3) is 11.0 Å². The van der Waals surface area contributed by atoms with Crippen LogP contribution in [-0.4, -0.2) is 65.7 Å². The molecule has 9 heteroatoms. The quantitative estimate of drug-likeness (QED) is 0.344. The molecule has 9 nitrogen and oxygen atoms in total. The maximum Gasteiger partial charge on any atom is 0.328 e. The van der Waals surface area contributed by atoms with Crippen molar-refractivity contribution in [1.29, 1.82) is 0 Å². The first-order valence-electron chi connectivity index (χ1n) is 13.8. The molecule has 0 bridgehead atoms. The number of aromatic nitrogens is 2. The predicted molar refractivity (Wildman–Crippen MR) is 145 cm³/mol. The second-order valence-electron chi connectivity index (χ2n) is 11.7. The van der Waals surface area contributed by atoms with Gasteiger partial charge in [-0.15, -0.1) is 0 Å². The fourth-order valence-corrected chi connectivity index (χ4v) is 4.94. The molecule has 2 aromatic rings. The van der Waals surface area contributed by atoms with E-state index in [2.05, 4.69) is 0 Å². The van der Waals surface area contributed by atoms with Crippen molar-refractivity contribution in [1.82, 2.24) is 14.9 Å². The van der Waals surface area contributed by atoms with Crippen LogP contribution < -0.4 is 15.2 Å². The fraction of sp³-hybridized carbons (Fsp3) is 0.655. The minimum absolute atomic E-state index is 0.223. The zero-order valence-electron chi connectivity index (χ0n) is 23.4. The molecule has 1 aliphatic carbocycles. The molecular weight excluding hydrogens is 484 g/mol. The first-order valence-corrected chi connectivity index (χ1v) is 13.8. The number of methoxy groups -OCH3 is 2. The Hall–Kier alpha value is -2.94. The van der Waals surface area contributed by atoms with Crippen LogP contribution >= 0.6 is 0 Å². The minimum atomic E-state index is -0.759. The third kappa shape index (κ3) is 6.73. The van der Waals surface area contributed by atoms with Crippen molar-refractivity contribution in [2.24, 2.45) is 17.1 Å². The van der Waals surface area contributed by atoms with Gasteiger partial charge < -0.3 is 24.8 Å². The standard InChI is InChI=1S/C29H42N4O5/c1-29(2,3)25(30)27(34)33-17-20(16-24(33)28(35)37-5)38-26-22(10-8-6-7-9-18-11-12-18)31-21-14-13-19(36-4)15-23(21)32-26/h13-15,18,20,24-25H,6-12,16-17,30H2,1-5H3/t20?,24-,25+/m0/s1. The average Bonchev–Trinajstić information content (AvgIpc) is 3.63. The van der Waals surface area contributed by atoms with E-state index in [1.165, 1.54) is 37.7 Å². The van der Waals surface area contributed by atoms with E-state index >= 15 is 0 Å². The summed E-state index contributed by atoms with van der Waals surface area (Å²) < 4.78 is 16.8. The van der Waals surface area contributed by atoms with Gasteiger partial charge in [-0.2, -0.15) is 0 Å². The number of hydrogen-bond donors (Lipinski definition) is 1. The highest BCUT2D eigenvalue weighted by Gasteiger charge is 2.45. The molecule has 2 fully saturated rings. The van der Waals surface area contributed by atoms with Gasteiger partial charge in [-0.05, 0) is 36.3 Å². The number of nitrogens with zero attached hydrogens (tertiary/aromatic N) is 3. The zero-order valence-corrected chi connectivity index (χ0v) is 23.4. The largest absolute Gasteiger partial charge is 0.497 e. The molecule has 208 valence electrons. The monoisotopic (exact) mass is 526 g/mol. The van der Waals surface area contributed by atoms with Gasteiger partial charge in [0.1, 0.15) is 23.6 Å². The minimum Gasteiger partial charge on any atom is -0.497 e. The van der Waals surface area contributed by atoms with Gasteiger partial charge in [0.15, 0.2) is 0 Å². The molecule has 2 N–H and O–H groups in total. The van der Waals surface area contributed by atoms with Gasteiger partial charge in [-0.25, -0.2) is 14.8 Å². The SMILES string of the molecule is COC(=O)[C@@H]1CC(Oc2nc3cc(OC)ccc3nc2CCCCCC2CC2)CN1C(=O)[C@@H](N)C(C)(C)C. The van der Waals surface area contributed by atoms with Gasteiger partial charge in [-0.3, -0.25) is 4.79 Å². The van der Waals surface area contributed by atoms with Gasteiger partial charge in [0.05, 0.1) is 37.8 Å². The molecule has 3 atom stereocenters. The van der Waals surface area contributed by atoms with E-state index in [1.807, 2.05) is 39.0 Å². The lowest BCUT2D eigenvalue weighted by Gasteiger charge is -2.32. The summed E-state index contributed by atoms with van der Waals surface area (Å²) in [7, 11) is 2.94. The summed E-state index contributed by atoms with van der Waals surface area (Å²) in [6.45, 7) is 5.94.